The van der Waals surface area contributed by atoms with Crippen molar-refractivity contribution in [3.8, 4) is 0 Å². The predicted octanol–water partition coefficient (Wildman–Crippen LogP) is 2.80. The zero-order valence-electron chi connectivity index (χ0n) is 10.7. The molecule has 2 N–H and O–H groups in total. The molecule has 1 heterocycles. The topological polar surface area (TPSA) is 71.3 Å². The molecule has 0 aliphatic carbocycles. The van der Waals surface area contributed by atoms with Gasteiger partial charge in [-0.05, 0) is 37.3 Å². The quantitative estimate of drug-likeness (QED) is 0.901. The molecule has 0 saturated carbocycles. The molecule has 0 fully saturated rings. The molecule has 20 heavy (non-hydrogen) atoms. The molecule has 0 saturated heterocycles. The number of carbonyl (C=O) groups is 2. The smallest absolute Gasteiger partial charge is 0.287 e. The van der Waals surface area contributed by atoms with E-state index in [4.69, 9.17) is 4.42 Å². The van der Waals surface area contributed by atoms with Crippen molar-refractivity contribution in [2.45, 2.75) is 13.0 Å². The molecule has 2 amide bonds. The summed E-state index contributed by atoms with van der Waals surface area (Å²) in [4.78, 5) is 23.7. The minimum absolute atomic E-state index is 0.173. The van der Waals surface area contributed by atoms with Crippen LogP contribution < -0.4 is 10.6 Å². The summed E-state index contributed by atoms with van der Waals surface area (Å²) in [5.74, 6) is -0.554. The molecule has 6 heteroatoms. The van der Waals surface area contributed by atoms with Crippen LogP contribution in [0.3, 0.4) is 0 Å². The number of benzene rings is 1. The Morgan fingerprint density at radius 3 is 2.70 bits per heavy atom. The van der Waals surface area contributed by atoms with Crippen LogP contribution in [0.5, 0.6) is 0 Å². The molecule has 0 bridgehead atoms. The summed E-state index contributed by atoms with van der Waals surface area (Å²) in [5, 5.41) is 5.28. The number of nitrogens with one attached hydrogen (secondary N) is 2. The van der Waals surface area contributed by atoms with E-state index in [0.29, 0.717) is 5.69 Å². The van der Waals surface area contributed by atoms with Gasteiger partial charge in [-0.1, -0.05) is 22.0 Å². The summed E-state index contributed by atoms with van der Waals surface area (Å²) < 4.78 is 5.82. The van der Waals surface area contributed by atoms with Gasteiger partial charge in [-0.15, -0.1) is 0 Å². The molecule has 5 nitrogen and oxygen atoms in total. The van der Waals surface area contributed by atoms with Crippen LogP contribution in [0.1, 0.15) is 17.5 Å². The van der Waals surface area contributed by atoms with Gasteiger partial charge >= 0.3 is 0 Å². The van der Waals surface area contributed by atoms with Crippen molar-refractivity contribution in [3.63, 3.8) is 0 Å². The molecule has 1 unspecified atom stereocenters. The van der Waals surface area contributed by atoms with Crippen LogP contribution in [0, 0.1) is 0 Å². The first-order chi connectivity index (χ1) is 9.56. The number of hydrogen-bond acceptors (Lipinski definition) is 3. The van der Waals surface area contributed by atoms with Gasteiger partial charge in [0, 0.05) is 10.2 Å². The first-order valence-electron chi connectivity index (χ1n) is 5.97. The number of halogens is 1. The molecule has 2 aromatic rings. The highest BCUT2D eigenvalue weighted by molar-refractivity contribution is 9.10. The van der Waals surface area contributed by atoms with Crippen molar-refractivity contribution in [2.75, 3.05) is 5.32 Å². The summed E-state index contributed by atoms with van der Waals surface area (Å²) in [6.45, 7) is 1.61. The van der Waals surface area contributed by atoms with Crippen LogP contribution in [-0.4, -0.2) is 17.9 Å². The van der Waals surface area contributed by atoms with Crippen LogP contribution in [0.25, 0.3) is 0 Å². The molecule has 0 spiro atoms. The third kappa shape index (κ3) is 3.71. The second-order valence-electron chi connectivity index (χ2n) is 4.17. The van der Waals surface area contributed by atoms with Gasteiger partial charge in [0.1, 0.15) is 6.04 Å². The van der Waals surface area contributed by atoms with E-state index in [2.05, 4.69) is 26.6 Å². The van der Waals surface area contributed by atoms with E-state index < -0.39 is 11.9 Å². The highest BCUT2D eigenvalue weighted by Crippen LogP contribution is 2.15. The Kier molecular flexibility index (Phi) is 4.57. The number of rotatable bonds is 4. The van der Waals surface area contributed by atoms with Crippen molar-refractivity contribution >= 4 is 33.4 Å². The van der Waals surface area contributed by atoms with Gasteiger partial charge < -0.3 is 15.1 Å². The number of anilines is 1. The van der Waals surface area contributed by atoms with Gasteiger partial charge in [0.2, 0.25) is 5.91 Å². The maximum absolute atomic E-state index is 12.0. The van der Waals surface area contributed by atoms with E-state index in [-0.39, 0.29) is 11.7 Å². The van der Waals surface area contributed by atoms with Gasteiger partial charge in [0.15, 0.2) is 5.76 Å². The number of amides is 2. The summed E-state index contributed by atoms with van der Waals surface area (Å²) in [6, 6.07) is 9.69. The normalized spacial score (nSPS) is 11.7. The van der Waals surface area contributed by atoms with Gasteiger partial charge in [-0.3, -0.25) is 9.59 Å². The summed E-state index contributed by atoms with van der Waals surface area (Å²) >= 11 is 3.32. The third-order valence-corrected chi connectivity index (χ3v) is 3.07. The minimum Gasteiger partial charge on any atom is -0.459 e. The molecular weight excluding hydrogens is 324 g/mol. The van der Waals surface area contributed by atoms with Crippen LogP contribution in [0.4, 0.5) is 5.69 Å². The first-order valence-corrected chi connectivity index (χ1v) is 6.76. The SMILES string of the molecule is CC(NC(=O)c1ccco1)C(=O)Nc1cccc(Br)c1. The molecule has 1 aromatic heterocycles. The standard InChI is InChI=1S/C14H13BrN2O3/c1-9(16-14(19)12-6-3-7-20-12)13(18)17-11-5-2-4-10(15)8-11/h2-9H,1H3,(H,16,19)(H,17,18). The summed E-state index contributed by atoms with van der Waals surface area (Å²) in [6.07, 6.45) is 1.40. The Hall–Kier alpha value is -2.08. The molecule has 2 rings (SSSR count). The monoisotopic (exact) mass is 336 g/mol. The Morgan fingerprint density at radius 2 is 2.05 bits per heavy atom. The lowest BCUT2D eigenvalue weighted by Gasteiger charge is -2.13. The van der Waals surface area contributed by atoms with Crippen LogP contribution in [0.2, 0.25) is 0 Å². The Morgan fingerprint density at radius 1 is 1.25 bits per heavy atom. The lowest BCUT2D eigenvalue weighted by atomic mass is 10.2. The molecule has 0 radical (unpaired) electrons. The average Bonchev–Trinajstić information content (AvgIpc) is 2.92. The van der Waals surface area contributed by atoms with Gasteiger partial charge in [-0.2, -0.15) is 0 Å². The molecule has 104 valence electrons. The van der Waals surface area contributed by atoms with Gasteiger partial charge in [0.25, 0.3) is 5.91 Å². The zero-order valence-corrected chi connectivity index (χ0v) is 12.3. The summed E-state index contributed by atoms with van der Waals surface area (Å²) in [5.41, 5.74) is 0.656. The third-order valence-electron chi connectivity index (χ3n) is 2.58. The number of hydrogen-bond donors (Lipinski definition) is 2. The number of carbonyl (C=O) groups excluding carboxylic acids is 2. The summed E-state index contributed by atoms with van der Waals surface area (Å²) in [7, 11) is 0. The highest BCUT2D eigenvalue weighted by Gasteiger charge is 2.18. The van der Waals surface area contributed by atoms with E-state index >= 15 is 0 Å². The lowest BCUT2D eigenvalue weighted by molar-refractivity contribution is -0.117. The van der Waals surface area contributed by atoms with Crippen molar-refractivity contribution in [2.24, 2.45) is 0 Å². The van der Waals surface area contributed by atoms with Gasteiger partial charge in [-0.25, -0.2) is 0 Å². The number of furan rings is 1. The van der Waals surface area contributed by atoms with Crippen LogP contribution in [0.15, 0.2) is 51.6 Å². The second kappa shape index (κ2) is 6.38. The maximum Gasteiger partial charge on any atom is 0.287 e. The fraction of sp³-hybridized carbons (Fsp3) is 0.143. The zero-order chi connectivity index (χ0) is 14.5. The largest absolute Gasteiger partial charge is 0.459 e. The lowest BCUT2D eigenvalue weighted by Crippen LogP contribution is -2.41. The fourth-order valence-electron chi connectivity index (χ4n) is 1.56. The van der Waals surface area contributed by atoms with Crippen molar-refractivity contribution in [1.29, 1.82) is 0 Å². The Bertz CT molecular complexity index is 611. The van der Waals surface area contributed by atoms with Crippen molar-refractivity contribution in [1.82, 2.24) is 5.32 Å². The first kappa shape index (κ1) is 14.3. The molecule has 0 aliphatic heterocycles. The van der Waals surface area contributed by atoms with E-state index in [1.165, 1.54) is 12.3 Å². The van der Waals surface area contributed by atoms with Gasteiger partial charge in [0.05, 0.1) is 6.26 Å². The Balaban J connectivity index is 1.94. The van der Waals surface area contributed by atoms with E-state index in [9.17, 15) is 9.59 Å². The molecule has 1 atom stereocenters. The van der Waals surface area contributed by atoms with Crippen molar-refractivity contribution in [3.05, 3.63) is 52.9 Å². The minimum atomic E-state index is -0.674. The van der Waals surface area contributed by atoms with E-state index in [1.807, 2.05) is 12.1 Å². The average molecular weight is 337 g/mol. The van der Waals surface area contributed by atoms with E-state index in [1.54, 1.807) is 25.1 Å². The fourth-order valence-corrected chi connectivity index (χ4v) is 1.96. The van der Waals surface area contributed by atoms with Crippen molar-refractivity contribution < 1.29 is 14.0 Å². The highest BCUT2D eigenvalue weighted by atomic mass is 79.9. The van der Waals surface area contributed by atoms with Crippen LogP contribution in [-0.2, 0) is 4.79 Å². The second-order valence-corrected chi connectivity index (χ2v) is 5.09. The molecular formula is C14H13BrN2O3. The maximum atomic E-state index is 12.0. The molecule has 1 aromatic carbocycles. The van der Waals surface area contributed by atoms with E-state index in [0.717, 1.165) is 4.47 Å². The van der Waals surface area contributed by atoms with Crippen LogP contribution >= 0.6 is 15.9 Å². The molecule has 0 aliphatic rings. The predicted molar refractivity (Wildman–Crippen MR) is 78.4 cm³/mol. The Labute approximate surface area is 124 Å².